The molecular formula is C36H48N2O4. The molecule has 3 aromatic carbocycles. The number of hydrogen-bond donors (Lipinski definition) is 2. The normalized spacial score (nSPS) is 12.6. The average molecular weight is 573 g/mol. The van der Waals surface area contributed by atoms with Crippen molar-refractivity contribution in [2.45, 2.75) is 91.0 Å². The van der Waals surface area contributed by atoms with Gasteiger partial charge in [0.05, 0.1) is 7.11 Å². The number of methoxy groups -OCH3 is 1. The van der Waals surface area contributed by atoms with Gasteiger partial charge >= 0.3 is 0 Å². The van der Waals surface area contributed by atoms with E-state index in [2.05, 4.69) is 60.7 Å². The van der Waals surface area contributed by atoms with Crippen LogP contribution >= 0.6 is 0 Å². The topological polar surface area (TPSA) is 78.9 Å². The second-order valence-corrected chi connectivity index (χ2v) is 13.5. The fraction of sp³-hybridized carbons (Fsp3) is 0.444. The van der Waals surface area contributed by atoms with Crippen molar-refractivity contribution in [3.05, 3.63) is 88.5 Å². The maximum absolute atomic E-state index is 13.7. The zero-order valence-electron chi connectivity index (χ0n) is 27.0. The molecule has 0 aromatic heterocycles. The lowest BCUT2D eigenvalue weighted by Gasteiger charge is -2.29. The van der Waals surface area contributed by atoms with Crippen LogP contribution in [0.5, 0.6) is 11.5 Å². The van der Waals surface area contributed by atoms with Crippen molar-refractivity contribution in [1.29, 1.82) is 0 Å². The Labute approximate surface area is 252 Å². The molecule has 0 aliphatic heterocycles. The molecule has 226 valence electrons. The third kappa shape index (κ3) is 7.93. The molecule has 3 aromatic rings. The van der Waals surface area contributed by atoms with Crippen LogP contribution in [0.3, 0.4) is 0 Å². The van der Waals surface area contributed by atoms with Crippen molar-refractivity contribution in [2.75, 3.05) is 19.5 Å². The molecule has 6 heteroatoms. The number of carbonyl (C=O) groups is 2. The smallest absolute Gasteiger partial charge is 0.251 e. The van der Waals surface area contributed by atoms with Crippen LogP contribution in [0.2, 0.25) is 0 Å². The maximum atomic E-state index is 13.7. The number of phenolic OH excluding ortho intramolecular Hbond substituents is 1. The molecule has 0 saturated heterocycles. The number of aryl methyl sites for hydroxylation is 1. The number of nitrogens with zero attached hydrogens (tertiary/aromatic N) is 1. The third-order valence-electron chi connectivity index (χ3n) is 7.72. The van der Waals surface area contributed by atoms with Crippen LogP contribution in [-0.2, 0) is 26.8 Å². The van der Waals surface area contributed by atoms with Gasteiger partial charge in [-0.25, -0.2) is 0 Å². The van der Waals surface area contributed by atoms with Gasteiger partial charge in [0.15, 0.2) is 0 Å². The van der Waals surface area contributed by atoms with Crippen LogP contribution in [-0.4, -0.2) is 36.0 Å². The number of carbonyl (C=O) groups excluding carboxylic acids is 2. The van der Waals surface area contributed by atoms with Gasteiger partial charge in [0.1, 0.15) is 17.5 Å². The van der Waals surface area contributed by atoms with Crippen molar-refractivity contribution in [1.82, 2.24) is 4.90 Å². The Morgan fingerprint density at radius 2 is 1.36 bits per heavy atom. The molecule has 3 rings (SSSR count). The van der Waals surface area contributed by atoms with Gasteiger partial charge < -0.3 is 20.1 Å². The van der Waals surface area contributed by atoms with E-state index in [-0.39, 0.29) is 29.1 Å². The van der Waals surface area contributed by atoms with E-state index >= 15 is 0 Å². The first kappa shape index (κ1) is 32.7. The Balaban J connectivity index is 1.88. The number of hydrogen-bond acceptors (Lipinski definition) is 4. The molecule has 42 heavy (non-hydrogen) atoms. The Kier molecular flexibility index (Phi) is 10.1. The molecule has 2 N–H and O–H groups in total. The van der Waals surface area contributed by atoms with Gasteiger partial charge in [-0.2, -0.15) is 0 Å². The zero-order chi connectivity index (χ0) is 31.4. The molecule has 0 unspecified atom stereocenters. The lowest BCUT2D eigenvalue weighted by molar-refractivity contribution is -0.137. The van der Waals surface area contributed by atoms with Gasteiger partial charge in [-0.05, 0) is 75.3 Å². The van der Waals surface area contributed by atoms with E-state index < -0.39 is 6.04 Å². The first-order chi connectivity index (χ1) is 19.5. The first-order valence-corrected chi connectivity index (χ1v) is 14.7. The van der Waals surface area contributed by atoms with E-state index in [0.29, 0.717) is 35.1 Å². The number of phenols is 1. The fourth-order valence-corrected chi connectivity index (χ4v) is 5.05. The third-order valence-corrected chi connectivity index (χ3v) is 7.72. The number of amides is 2. The summed E-state index contributed by atoms with van der Waals surface area (Å²) in [5.74, 6) is 0.942. The van der Waals surface area contributed by atoms with E-state index in [1.165, 1.54) is 10.5 Å². The molecule has 0 aliphatic rings. The molecule has 0 saturated carbocycles. The van der Waals surface area contributed by atoms with Crippen LogP contribution in [0.1, 0.15) is 102 Å². The van der Waals surface area contributed by atoms with E-state index in [0.717, 1.165) is 16.7 Å². The number of nitrogens with one attached hydrogen (secondary N) is 1. The Hall–Kier alpha value is -3.80. The first-order valence-electron chi connectivity index (χ1n) is 14.7. The van der Waals surface area contributed by atoms with Crippen molar-refractivity contribution in [3.63, 3.8) is 0 Å². The highest BCUT2D eigenvalue weighted by Gasteiger charge is 2.30. The van der Waals surface area contributed by atoms with Gasteiger partial charge in [-0.3, -0.25) is 9.59 Å². The van der Waals surface area contributed by atoms with Crippen LogP contribution in [0, 0.1) is 0 Å². The van der Waals surface area contributed by atoms with Crippen molar-refractivity contribution in [2.24, 2.45) is 0 Å². The van der Waals surface area contributed by atoms with Gasteiger partial charge in [0.25, 0.3) is 5.91 Å². The van der Waals surface area contributed by atoms with Gasteiger partial charge in [-0.1, -0.05) is 91.8 Å². The summed E-state index contributed by atoms with van der Waals surface area (Å²) in [6, 6.07) is 18.2. The monoisotopic (exact) mass is 572 g/mol. The van der Waals surface area contributed by atoms with Gasteiger partial charge in [0, 0.05) is 19.2 Å². The zero-order valence-corrected chi connectivity index (χ0v) is 27.0. The van der Waals surface area contributed by atoms with E-state index in [4.69, 9.17) is 4.74 Å². The quantitative estimate of drug-likeness (QED) is 0.273. The summed E-state index contributed by atoms with van der Waals surface area (Å²) in [6.07, 6.45) is 0.709. The predicted octanol–water partition coefficient (Wildman–Crippen LogP) is 7.89. The molecule has 0 radical (unpaired) electrons. The van der Waals surface area contributed by atoms with E-state index in [1.54, 1.807) is 26.3 Å². The molecule has 1 atom stereocenters. The minimum Gasteiger partial charge on any atom is -0.507 e. The summed E-state index contributed by atoms with van der Waals surface area (Å²) in [5.41, 5.74) is 4.76. The largest absolute Gasteiger partial charge is 0.507 e. The molecule has 0 fully saturated rings. The van der Waals surface area contributed by atoms with Crippen LogP contribution < -0.4 is 10.1 Å². The minimum absolute atomic E-state index is 0.149. The number of ether oxygens (including phenoxy) is 1. The standard InChI is InChI=1S/C36H48N2O4/c1-23(2)25-12-16-27(17-13-25)37-34(41)32(26-14-18-28(42-10)19-15-26)38(9)31(39)20-11-24-21-29(35(3,4)5)33(40)30(22-24)36(6,7)8/h12-19,21-23,32,40H,11,20H2,1-10H3,(H,37,41)/t32-/m1/s1. The summed E-state index contributed by atoms with van der Waals surface area (Å²) >= 11 is 0. The predicted molar refractivity (Wildman–Crippen MR) is 171 cm³/mol. The molecule has 2 amide bonds. The van der Waals surface area contributed by atoms with Crippen LogP contribution in [0.15, 0.2) is 60.7 Å². The number of likely N-dealkylation sites (N-methyl/N-ethyl adjacent to an activating group) is 1. The number of aromatic hydroxyl groups is 1. The van der Waals surface area contributed by atoms with Gasteiger partial charge in [0.2, 0.25) is 5.91 Å². The van der Waals surface area contributed by atoms with Crippen LogP contribution in [0.25, 0.3) is 0 Å². The number of rotatable bonds is 9. The van der Waals surface area contributed by atoms with E-state index in [1.807, 2.05) is 48.5 Å². The average Bonchev–Trinajstić information content (AvgIpc) is 2.91. The summed E-state index contributed by atoms with van der Waals surface area (Å²) < 4.78 is 5.31. The second-order valence-electron chi connectivity index (χ2n) is 13.5. The molecule has 0 bridgehead atoms. The summed E-state index contributed by atoms with van der Waals surface area (Å²) in [5, 5.41) is 14.1. The van der Waals surface area contributed by atoms with Gasteiger partial charge in [-0.15, -0.1) is 0 Å². The van der Waals surface area contributed by atoms with E-state index in [9.17, 15) is 14.7 Å². The minimum atomic E-state index is -0.830. The molecular weight excluding hydrogens is 524 g/mol. The Morgan fingerprint density at radius 3 is 1.81 bits per heavy atom. The lowest BCUT2D eigenvalue weighted by Crippen LogP contribution is -2.38. The Bertz CT molecular complexity index is 1340. The molecule has 6 nitrogen and oxygen atoms in total. The molecule has 0 spiro atoms. The highest BCUT2D eigenvalue weighted by Crippen LogP contribution is 2.40. The highest BCUT2D eigenvalue weighted by molar-refractivity contribution is 5.97. The van der Waals surface area contributed by atoms with Crippen LogP contribution in [0.4, 0.5) is 5.69 Å². The second kappa shape index (κ2) is 13.0. The van der Waals surface area contributed by atoms with Crippen molar-refractivity contribution < 1.29 is 19.4 Å². The maximum Gasteiger partial charge on any atom is 0.251 e. The fourth-order valence-electron chi connectivity index (χ4n) is 5.05. The van der Waals surface area contributed by atoms with Crippen molar-refractivity contribution >= 4 is 17.5 Å². The highest BCUT2D eigenvalue weighted by atomic mass is 16.5. The SMILES string of the molecule is COc1ccc([C@H](C(=O)Nc2ccc(C(C)C)cc2)N(C)C(=O)CCc2cc(C(C)(C)C)c(O)c(C(C)(C)C)c2)cc1. The summed E-state index contributed by atoms with van der Waals surface area (Å²) in [4.78, 5) is 28.8. The van der Waals surface area contributed by atoms with Crippen molar-refractivity contribution in [3.8, 4) is 11.5 Å². The number of benzene rings is 3. The Morgan fingerprint density at radius 1 is 0.857 bits per heavy atom. The lowest BCUT2D eigenvalue weighted by atomic mass is 9.78. The number of anilines is 1. The summed E-state index contributed by atoms with van der Waals surface area (Å²) in [6.45, 7) is 16.7. The molecule has 0 aliphatic carbocycles. The summed E-state index contributed by atoms with van der Waals surface area (Å²) in [7, 11) is 3.27. The molecule has 0 heterocycles.